The molecule has 1 unspecified atom stereocenters. The lowest BCUT2D eigenvalue weighted by molar-refractivity contribution is -0.192. The van der Waals surface area contributed by atoms with Crippen LogP contribution >= 0.6 is 0 Å². The molecule has 3 saturated heterocycles. The Morgan fingerprint density at radius 3 is 2.28 bits per heavy atom. The van der Waals surface area contributed by atoms with Crippen LogP contribution in [0.15, 0.2) is 24.3 Å². The van der Waals surface area contributed by atoms with Gasteiger partial charge in [0.05, 0.1) is 12.3 Å². The highest BCUT2D eigenvalue weighted by Gasteiger charge is 2.57. The zero-order valence-corrected chi connectivity index (χ0v) is 20.5. The Kier molecular flexibility index (Phi) is 8.63. The van der Waals surface area contributed by atoms with Gasteiger partial charge in [0.2, 0.25) is 11.8 Å². The van der Waals surface area contributed by atoms with E-state index in [4.69, 9.17) is 9.90 Å². The number of benzene rings is 1. The Hall–Kier alpha value is -2.69. The van der Waals surface area contributed by atoms with Crippen LogP contribution < -0.4 is 5.32 Å². The van der Waals surface area contributed by atoms with Crippen molar-refractivity contribution < 1.29 is 37.1 Å². The first-order valence-electron chi connectivity index (χ1n) is 12.2. The number of hydrogen-bond acceptors (Lipinski definition) is 4. The number of hydrogen-bond donors (Lipinski definition) is 2. The Balaban J connectivity index is 0.000000454. The number of fused-ring (bicyclic) bond motifs is 2. The smallest absolute Gasteiger partial charge is 0.475 e. The maximum absolute atomic E-state index is 13.1. The maximum Gasteiger partial charge on any atom is 0.490 e. The summed E-state index contributed by atoms with van der Waals surface area (Å²) in [6.07, 6.45) is -1.97. The first kappa shape index (κ1) is 27.9. The van der Waals surface area contributed by atoms with Crippen molar-refractivity contribution in [3.8, 4) is 0 Å². The lowest BCUT2D eigenvalue weighted by atomic mass is 9.75. The highest BCUT2D eigenvalue weighted by Crippen LogP contribution is 2.44. The summed E-state index contributed by atoms with van der Waals surface area (Å²) < 4.78 is 44.8. The molecular formula is C25H33F4N3O4. The Labute approximate surface area is 207 Å². The van der Waals surface area contributed by atoms with Gasteiger partial charge >= 0.3 is 12.1 Å². The number of carbonyl (C=O) groups excluding carboxylic acids is 2. The monoisotopic (exact) mass is 515 g/mol. The number of carboxylic acid groups (broad SMARTS) is 1. The quantitative estimate of drug-likeness (QED) is 0.589. The molecule has 2 amide bonds. The van der Waals surface area contributed by atoms with Crippen LogP contribution in [0, 0.1) is 23.6 Å². The van der Waals surface area contributed by atoms with Crippen LogP contribution in [0.25, 0.3) is 0 Å². The zero-order chi connectivity index (χ0) is 26.7. The van der Waals surface area contributed by atoms with Gasteiger partial charge in [0.25, 0.3) is 0 Å². The number of aliphatic carboxylic acids is 1. The summed E-state index contributed by atoms with van der Waals surface area (Å²) in [5.74, 6) is -1.66. The van der Waals surface area contributed by atoms with Crippen LogP contribution in [-0.4, -0.2) is 77.1 Å². The van der Waals surface area contributed by atoms with Crippen molar-refractivity contribution in [1.29, 1.82) is 0 Å². The number of halogens is 4. The number of nitrogens with one attached hydrogen (secondary N) is 1. The molecule has 1 spiro atoms. The number of amides is 2. The molecule has 11 heteroatoms. The van der Waals surface area contributed by atoms with E-state index in [-0.39, 0.29) is 29.1 Å². The van der Waals surface area contributed by atoms with Crippen LogP contribution in [0.4, 0.5) is 17.6 Å². The average Bonchev–Trinajstić information content (AvgIpc) is 3.34. The summed E-state index contributed by atoms with van der Waals surface area (Å²) >= 11 is 0. The van der Waals surface area contributed by atoms with E-state index < -0.39 is 12.1 Å². The molecule has 1 aromatic rings. The predicted octanol–water partition coefficient (Wildman–Crippen LogP) is 3.09. The van der Waals surface area contributed by atoms with Crippen molar-refractivity contribution in [2.75, 3.05) is 32.7 Å². The van der Waals surface area contributed by atoms with Gasteiger partial charge in [-0.2, -0.15) is 13.2 Å². The van der Waals surface area contributed by atoms with Gasteiger partial charge in [0.1, 0.15) is 5.82 Å². The molecule has 3 fully saturated rings. The molecule has 0 saturated carbocycles. The van der Waals surface area contributed by atoms with Crippen LogP contribution in [0.5, 0.6) is 0 Å². The molecule has 3 heterocycles. The Morgan fingerprint density at radius 1 is 1.17 bits per heavy atom. The van der Waals surface area contributed by atoms with Crippen molar-refractivity contribution in [3.63, 3.8) is 0 Å². The summed E-state index contributed by atoms with van der Waals surface area (Å²) in [6, 6.07) is 6.14. The third-order valence-electron chi connectivity index (χ3n) is 7.60. The summed E-state index contributed by atoms with van der Waals surface area (Å²) in [7, 11) is 0. The fourth-order valence-corrected chi connectivity index (χ4v) is 5.40. The van der Waals surface area contributed by atoms with Crippen molar-refractivity contribution in [2.24, 2.45) is 17.8 Å². The van der Waals surface area contributed by atoms with Crippen molar-refractivity contribution in [3.05, 3.63) is 35.6 Å². The summed E-state index contributed by atoms with van der Waals surface area (Å²) in [5.41, 5.74) is 0.681. The van der Waals surface area contributed by atoms with Crippen LogP contribution in [0.1, 0.15) is 38.7 Å². The van der Waals surface area contributed by atoms with Gasteiger partial charge in [0, 0.05) is 44.2 Å². The molecule has 200 valence electrons. The molecule has 4 rings (SSSR count). The maximum atomic E-state index is 13.1. The second-order valence-electron chi connectivity index (χ2n) is 10.1. The molecule has 1 aromatic carbocycles. The van der Waals surface area contributed by atoms with Crippen molar-refractivity contribution in [1.82, 2.24) is 15.1 Å². The lowest BCUT2D eigenvalue weighted by Crippen LogP contribution is -2.56. The van der Waals surface area contributed by atoms with Crippen LogP contribution in [-0.2, 0) is 20.8 Å². The fraction of sp³-hybridized carbons (Fsp3) is 0.640. The van der Waals surface area contributed by atoms with E-state index in [0.29, 0.717) is 31.3 Å². The predicted molar refractivity (Wildman–Crippen MR) is 123 cm³/mol. The van der Waals surface area contributed by atoms with Gasteiger partial charge in [-0.15, -0.1) is 0 Å². The van der Waals surface area contributed by atoms with Gasteiger partial charge in [-0.3, -0.25) is 9.59 Å². The third-order valence-corrected chi connectivity index (χ3v) is 7.60. The van der Waals surface area contributed by atoms with Crippen molar-refractivity contribution in [2.45, 2.75) is 51.2 Å². The highest BCUT2D eigenvalue weighted by molar-refractivity contribution is 5.84. The number of carbonyl (C=O) groups is 3. The first-order valence-corrected chi connectivity index (χ1v) is 12.2. The highest BCUT2D eigenvalue weighted by atomic mass is 19.4. The summed E-state index contributed by atoms with van der Waals surface area (Å²) in [6.45, 7) is 8.76. The molecular weight excluding hydrogens is 482 g/mol. The van der Waals surface area contributed by atoms with E-state index in [2.05, 4.69) is 24.1 Å². The molecule has 0 aromatic heterocycles. The molecule has 3 atom stereocenters. The van der Waals surface area contributed by atoms with E-state index in [1.807, 2.05) is 4.90 Å². The number of piperidine rings is 1. The number of likely N-dealkylation sites (tertiary alicyclic amines) is 2. The first-order chi connectivity index (χ1) is 16.8. The number of alkyl halides is 3. The van der Waals surface area contributed by atoms with Gasteiger partial charge < -0.3 is 20.2 Å². The number of nitrogens with zero attached hydrogens (tertiary/aromatic N) is 2. The zero-order valence-electron chi connectivity index (χ0n) is 20.5. The van der Waals surface area contributed by atoms with E-state index >= 15 is 0 Å². The second-order valence-corrected chi connectivity index (χ2v) is 10.1. The van der Waals surface area contributed by atoms with Crippen molar-refractivity contribution >= 4 is 17.8 Å². The van der Waals surface area contributed by atoms with E-state index in [9.17, 15) is 27.2 Å². The molecule has 0 bridgehead atoms. The minimum atomic E-state index is -5.08. The summed E-state index contributed by atoms with van der Waals surface area (Å²) in [5, 5.41) is 10.5. The Morgan fingerprint density at radius 2 is 1.75 bits per heavy atom. The topological polar surface area (TPSA) is 90.0 Å². The van der Waals surface area contributed by atoms with Gasteiger partial charge in [0.15, 0.2) is 0 Å². The molecule has 36 heavy (non-hydrogen) atoms. The van der Waals surface area contributed by atoms with Crippen LogP contribution in [0.3, 0.4) is 0 Å². The van der Waals surface area contributed by atoms with Gasteiger partial charge in [-0.1, -0.05) is 32.4 Å². The van der Waals surface area contributed by atoms with E-state index in [1.54, 1.807) is 12.1 Å². The SMILES string of the molecule is CCC(C)CN1C[C@H]2C(=O)NC3(CCN(C(=O)Cc4ccc(F)cc4)CC3)[C@H]2C1.O=C(O)C(F)(F)F. The molecule has 3 aliphatic heterocycles. The minimum absolute atomic E-state index is 0.0807. The van der Waals surface area contributed by atoms with Crippen LogP contribution in [0.2, 0.25) is 0 Å². The standard InChI is InChI=1S/C23H32FN3O2.C2HF3O2/c1-3-16(2)13-26-14-19-20(15-26)23(25-22(19)29)8-10-27(11-9-23)21(28)12-17-4-6-18(24)7-5-17;3-2(4,5)1(6)7/h4-7,16,19-20H,3,8-15H2,1-2H3,(H,25,29);(H,6,7)/t16?,19-,20+;/m1./s1. The average molecular weight is 516 g/mol. The largest absolute Gasteiger partial charge is 0.490 e. The third kappa shape index (κ3) is 6.54. The lowest BCUT2D eigenvalue weighted by Gasteiger charge is -2.43. The Bertz CT molecular complexity index is 946. The van der Waals surface area contributed by atoms with E-state index in [1.165, 1.54) is 12.1 Å². The number of carboxylic acids is 1. The fourth-order valence-electron chi connectivity index (χ4n) is 5.40. The minimum Gasteiger partial charge on any atom is -0.475 e. The normalized spacial score (nSPS) is 24.1. The molecule has 2 N–H and O–H groups in total. The summed E-state index contributed by atoms with van der Waals surface area (Å²) in [4.78, 5) is 38.6. The number of rotatable bonds is 5. The molecule has 0 aliphatic carbocycles. The molecule has 3 aliphatic rings. The van der Waals surface area contributed by atoms with Gasteiger partial charge in [-0.05, 0) is 36.5 Å². The van der Waals surface area contributed by atoms with Gasteiger partial charge in [-0.25, -0.2) is 9.18 Å². The second kappa shape index (κ2) is 11.1. The van der Waals surface area contributed by atoms with E-state index in [0.717, 1.165) is 44.5 Å². The molecule has 0 radical (unpaired) electrons. The molecule has 7 nitrogen and oxygen atoms in total.